The Balaban J connectivity index is 1.72. The highest BCUT2D eigenvalue weighted by molar-refractivity contribution is 5.98. The minimum absolute atomic E-state index is 0.00557. The number of nitrogens with one attached hydrogen (secondary N) is 1. The molecule has 1 amide bonds. The van der Waals surface area contributed by atoms with Gasteiger partial charge in [-0.1, -0.05) is 23.4 Å². The highest BCUT2D eigenvalue weighted by Crippen LogP contribution is 2.28. The van der Waals surface area contributed by atoms with Crippen molar-refractivity contribution in [2.45, 2.75) is 0 Å². The van der Waals surface area contributed by atoms with Crippen molar-refractivity contribution < 1.29 is 14.2 Å². The lowest BCUT2D eigenvalue weighted by Crippen LogP contribution is -2.19. The zero-order valence-corrected chi connectivity index (χ0v) is 15.6. The third-order valence-electron chi connectivity index (χ3n) is 3.99. The molecule has 0 atom stereocenters. The predicted molar refractivity (Wildman–Crippen MR) is 105 cm³/mol. The topological polar surface area (TPSA) is 159 Å². The number of carbonyl (C=O) groups excluding carboxylic acids is 1. The Labute approximate surface area is 169 Å². The van der Waals surface area contributed by atoms with E-state index in [2.05, 4.69) is 40.8 Å². The zero-order chi connectivity index (χ0) is 20.9. The first-order valence-corrected chi connectivity index (χ1v) is 8.59. The van der Waals surface area contributed by atoms with E-state index in [1.54, 1.807) is 48.8 Å². The van der Waals surface area contributed by atoms with Crippen LogP contribution in [-0.2, 0) is 0 Å². The second-order valence-corrected chi connectivity index (χ2v) is 5.89. The van der Waals surface area contributed by atoms with Crippen molar-refractivity contribution in [1.82, 2.24) is 35.7 Å². The van der Waals surface area contributed by atoms with Crippen LogP contribution in [0.1, 0.15) is 16.1 Å². The van der Waals surface area contributed by atoms with Crippen molar-refractivity contribution in [3.05, 3.63) is 60.0 Å². The summed E-state index contributed by atoms with van der Waals surface area (Å²) < 4.78 is 11.2. The summed E-state index contributed by atoms with van der Waals surface area (Å²) in [6.45, 7) is 0. The number of nitrogens with two attached hydrogens (primary N) is 1. The van der Waals surface area contributed by atoms with Crippen LogP contribution in [0.25, 0.3) is 17.1 Å². The van der Waals surface area contributed by atoms with Crippen LogP contribution in [0.3, 0.4) is 0 Å². The molecule has 0 fully saturated rings. The second kappa shape index (κ2) is 8.18. The average molecular weight is 405 g/mol. The Morgan fingerprint density at radius 1 is 1.30 bits per heavy atom. The van der Waals surface area contributed by atoms with Crippen molar-refractivity contribution in [2.75, 3.05) is 12.8 Å². The fraction of sp³-hybridized carbons (Fsp3) is 0.0556. The summed E-state index contributed by atoms with van der Waals surface area (Å²) in [5.74, 6) is 0.0746. The number of carbonyl (C=O) groups is 1. The molecule has 4 aromatic rings. The maximum Gasteiger partial charge on any atom is 0.294 e. The van der Waals surface area contributed by atoms with Crippen LogP contribution in [0, 0.1) is 0 Å². The molecule has 0 radical (unpaired) electrons. The fourth-order valence-electron chi connectivity index (χ4n) is 2.62. The summed E-state index contributed by atoms with van der Waals surface area (Å²) in [5, 5.41) is 19.2. The van der Waals surface area contributed by atoms with Gasteiger partial charge in [0, 0.05) is 23.5 Å². The number of hydrogen-bond acceptors (Lipinski definition) is 10. The summed E-state index contributed by atoms with van der Waals surface area (Å²) >= 11 is 0. The molecule has 0 saturated carbocycles. The molecule has 0 saturated heterocycles. The molecule has 150 valence electrons. The van der Waals surface area contributed by atoms with Gasteiger partial charge in [0.25, 0.3) is 5.91 Å². The Bertz CT molecular complexity index is 1200. The molecule has 0 aliphatic carbocycles. The molecule has 0 bridgehead atoms. The molecular formula is C18H15N9O3. The third-order valence-corrected chi connectivity index (χ3v) is 3.99. The molecule has 12 nitrogen and oxygen atoms in total. The van der Waals surface area contributed by atoms with E-state index >= 15 is 0 Å². The number of hydrazone groups is 1. The van der Waals surface area contributed by atoms with Gasteiger partial charge in [-0.3, -0.25) is 9.78 Å². The third kappa shape index (κ3) is 3.69. The number of amides is 1. The van der Waals surface area contributed by atoms with Gasteiger partial charge in [0.1, 0.15) is 11.4 Å². The maximum atomic E-state index is 12.8. The second-order valence-electron chi connectivity index (χ2n) is 5.89. The van der Waals surface area contributed by atoms with Crippen molar-refractivity contribution in [3.63, 3.8) is 0 Å². The summed E-state index contributed by atoms with van der Waals surface area (Å²) in [5.41, 5.74) is 9.83. The quantitative estimate of drug-likeness (QED) is 0.353. The molecule has 4 rings (SSSR count). The largest absolute Gasteiger partial charge is 0.497 e. The number of anilines is 1. The number of methoxy groups -OCH3 is 1. The monoisotopic (exact) mass is 405 g/mol. The molecule has 30 heavy (non-hydrogen) atoms. The van der Waals surface area contributed by atoms with Gasteiger partial charge in [-0.25, -0.2) is 10.1 Å². The minimum atomic E-state index is -0.589. The molecule has 3 aromatic heterocycles. The van der Waals surface area contributed by atoms with Gasteiger partial charge in [0.05, 0.1) is 13.3 Å². The summed E-state index contributed by atoms with van der Waals surface area (Å²) in [7, 11) is 1.54. The van der Waals surface area contributed by atoms with E-state index in [1.165, 1.54) is 18.0 Å². The van der Waals surface area contributed by atoms with E-state index in [1.807, 2.05) is 0 Å². The number of benzene rings is 1. The number of rotatable bonds is 6. The van der Waals surface area contributed by atoms with Crippen LogP contribution in [0.4, 0.5) is 5.82 Å². The molecule has 1 aromatic carbocycles. The van der Waals surface area contributed by atoms with Crippen LogP contribution >= 0.6 is 0 Å². The molecule has 0 aliphatic heterocycles. The average Bonchev–Trinajstić information content (AvgIpc) is 3.40. The van der Waals surface area contributed by atoms with Crippen LogP contribution in [0.2, 0.25) is 0 Å². The van der Waals surface area contributed by atoms with E-state index in [0.717, 1.165) is 5.56 Å². The first kappa shape index (κ1) is 18.7. The van der Waals surface area contributed by atoms with Gasteiger partial charge >= 0.3 is 0 Å². The van der Waals surface area contributed by atoms with Gasteiger partial charge in [0.2, 0.25) is 11.6 Å². The summed E-state index contributed by atoms with van der Waals surface area (Å²) in [4.78, 5) is 16.7. The molecule has 0 spiro atoms. The van der Waals surface area contributed by atoms with Gasteiger partial charge in [-0.15, -0.1) is 5.10 Å². The van der Waals surface area contributed by atoms with E-state index in [0.29, 0.717) is 17.0 Å². The SMILES string of the molecule is COc1cccc(-c2c(C(=O)N/N=C\c3cccnc3)nnn2-c2nonc2N)c1. The van der Waals surface area contributed by atoms with Gasteiger partial charge < -0.3 is 10.5 Å². The lowest BCUT2D eigenvalue weighted by Gasteiger charge is -2.07. The first-order chi connectivity index (χ1) is 14.7. The minimum Gasteiger partial charge on any atom is -0.497 e. The molecule has 3 heterocycles. The smallest absolute Gasteiger partial charge is 0.294 e. The number of nitrogen functional groups attached to an aromatic ring is 1. The van der Waals surface area contributed by atoms with Crippen molar-refractivity contribution in [3.8, 4) is 22.8 Å². The summed E-state index contributed by atoms with van der Waals surface area (Å²) in [6.07, 6.45) is 4.70. The predicted octanol–water partition coefficient (Wildman–Crippen LogP) is 1.07. The van der Waals surface area contributed by atoms with E-state index in [-0.39, 0.29) is 17.3 Å². The lowest BCUT2D eigenvalue weighted by molar-refractivity contribution is 0.0950. The molecule has 0 unspecified atom stereocenters. The Morgan fingerprint density at radius 3 is 2.93 bits per heavy atom. The van der Waals surface area contributed by atoms with Crippen LogP contribution in [0.15, 0.2) is 58.5 Å². The van der Waals surface area contributed by atoms with Crippen LogP contribution in [0.5, 0.6) is 5.75 Å². The van der Waals surface area contributed by atoms with Crippen LogP contribution < -0.4 is 15.9 Å². The fourth-order valence-corrected chi connectivity index (χ4v) is 2.62. The Kier molecular flexibility index (Phi) is 5.11. The summed E-state index contributed by atoms with van der Waals surface area (Å²) in [6, 6.07) is 10.6. The first-order valence-electron chi connectivity index (χ1n) is 8.59. The highest BCUT2D eigenvalue weighted by Gasteiger charge is 2.25. The number of hydrogen-bond donors (Lipinski definition) is 2. The van der Waals surface area contributed by atoms with Crippen molar-refractivity contribution >= 4 is 17.9 Å². The van der Waals surface area contributed by atoms with E-state index < -0.39 is 5.91 Å². The van der Waals surface area contributed by atoms with E-state index in [9.17, 15) is 4.79 Å². The number of aromatic nitrogens is 6. The molecule has 0 aliphatic rings. The van der Waals surface area contributed by atoms with Gasteiger partial charge in [0.15, 0.2) is 5.69 Å². The van der Waals surface area contributed by atoms with Crippen LogP contribution in [-0.4, -0.2) is 49.5 Å². The Morgan fingerprint density at radius 2 is 2.20 bits per heavy atom. The number of ether oxygens (including phenoxy) is 1. The zero-order valence-electron chi connectivity index (χ0n) is 15.6. The molecule has 3 N–H and O–H groups in total. The maximum absolute atomic E-state index is 12.8. The van der Waals surface area contributed by atoms with Gasteiger partial charge in [-0.05, 0) is 28.5 Å². The van der Waals surface area contributed by atoms with Crippen molar-refractivity contribution in [1.29, 1.82) is 0 Å². The lowest BCUT2D eigenvalue weighted by atomic mass is 10.1. The number of nitrogens with zero attached hydrogens (tertiary/aromatic N) is 7. The number of pyridine rings is 1. The molecule has 12 heteroatoms. The van der Waals surface area contributed by atoms with Gasteiger partial charge in [-0.2, -0.15) is 9.78 Å². The highest BCUT2D eigenvalue weighted by atomic mass is 16.6. The normalized spacial score (nSPS) is 11.0. The standard InChI is InChI=1S/C18H15N9O3/c1-29-13-6-2-5-12(8-13)15-14(22-26-27(15)17-16(19)24-30-25-17)18(28)23-21-10-11-4-3-7-20-9-11/h2-10H,1H3,(H2,19,24)(H,23,28)/b21-10-. The molecular weight excluding hydrogens is 390 g/mol. The Hall–Kier alpha value is -4.61. The van der Waals surface area contributed by atoms with Crippen molar-refractivity contribution in [2.24, 2.45) is 5.10 Å². The van der Waals surface area contributed by atoms with E-state index in [4.69, 9.17) is 10.5 Å².